The monoisotopic (exact) mass is 269 g/mol. The van der Waals surface area contributed by atoms with Crippen LogP contribution in [0.4, 0.5) is 5.82 Å². The molecule has 2 heterocycles. The molecule has 4 nitrogen and oxygen atoms in total. The molecule has 1 fully saturated rings. The van der Waals surface area contributed by atoms with Crippen LogP contribution in [-0.4, -0.2) is 37.8 Å². The third kappa shape index (κ3) is 3.34. The lowest BCUT2D eigenvalue weighted by atomic mass is 10.2. The third-order valence-corrected chi connectivity index (χ3v) is 3.29. The number of hydrogen-bond acceptors (Lipinski definition) is 4. The number of rotatable bonds is 3. The topological polar surface area (TPSA) is 37.4 Å². The van der Waals surface area contributed by atoms with E-state index in [0.29, 0.717) is 0 Å². The molecule has 100 valence electrons. The molecule has 0 aromatic carbocycles. The van der Waals surface area contributed by atoms with Gasteiger partial charge >= 0.3 is 0 Å². The van der Waals surface area contributed by atoms with Crippen molar-refractivity contribution in [1.82, 2.24) is 10.3 Å². The van der Waals surface area contributed by atoms with E-state index in [1.54, 1.807) is 0 Å². The van der Waals surface area contributed by atoms with Crippen LogP contribution < -0.4 is 10.2 Å². The second kappa shape index (κ2) is 6.36. The molecule has 1 aromatic rings. The van der Waals surface area contributed by atoms with Crippen LogP contribution in [0.25, 0.3) is 0 Å². The van der Waals surface area contributed by atoms with Crippen molar-refractivity contribution in [2.75, 3.05) is 31.6 Å². The second-order valence-corrected chi connectivity index (χ2v) is 5.07. The van der Waals surface area contributed by atoms with Crippen molar-refractivity contribution in [1.29, 1.82) is 0 Å². The molecule has 5 heteroatoms. The van der Waals surface area contributed by atoms with Gasteiger partial charge in [0.05, 0.1) is 11.1 Å². The molecule has 18 heavy (non-hydrogen) atoms. The first-order valence-electron chi connectivity index (χ1n) is 6.36. The molecule has 0 saturated carbocycles. The number of hydrogen-bond donors (Lipinski definition) is 1. The van der Waals surface area contributed by atoms with E-state index in [0.717, 1.165) is 49.1 Å². The Balaban J connectivity index is 2.16. The number of aromatic nitrogens is 1. The number of nitrogens with one attached hydrogen (secondary N) is 1. The Kier molecular flexibility index (Phi) is 4.80. The van der Waals surface area contributed by atoms with Gasteiger partial charge in [0.1, 0.15) is 5.82 Å². The number of pyridine rings is 1. The third-order valence-electron chi connectivity index (χ3n) is 3.01. The summed E-state index contributed by atoms with van der Waals surface area (Å²) in [5, 5.41) is 3.81. The van der Waals surface area contributed by atoms with Crippen LogP contribution in [0.2, 0.25) is 5.02 Å². The summed E-state index contributed by atoms with van der Waals surface area (Å²) in [5.74, 6) is 0.869. The Morgan fingerprint density at radius 2 is 2.44 bits per heavy atom. The minimum absolute atomic E-state index is 0.224. The maximum Gasteiger partial charge on any atom is 0.147 e. The molecule has 1 aromatic heterocycles. The van der Waals surface area contributed by atoms with Gasteiger partial charge in [0, 0.05) is 32.4 Å². The quantitative estimate of drug-likeness (QED) is 0.912. The fourth-order valence-corrected chi connectivity index (χ4v) is 2.50. The Morgan fingerprint density at radius 1 is 1.61 bits per heavy atom. The molecule has 1 aliphatic rings. The summed E-state index contributed by atoms with van der Waals surface area (Å²) in [4.78, 5) is 6.71. The molecule has 2 rings (SSSR count). The highest BCUT2D eigenvalue weighted by Gasteiger charge is 2.18. The van der Waals surface area contributed by atoms with Gasteiger partial charge in [-0.1, -0.05) is 11.6 Å². The standard InChI is InChI=1S/C13H20ClN3O/c1-10-9-17(4-3-5-18-10)13-12(14)6-11(7-15-2)8-16-13/h6,8,10,15H,3-5,7,9H2,1-2H3. The van der Waals surface area contributed by atoms with E-state index in [4.69, 9.17) is 16.3 Å². The van der Waals surface area contributed by atoms with Crippen molar-refractivity contribution in [2.45, 2.75) is 26.0 Å². The van der Waals surface area contributed by atoms with Crippen molar-refractivity contribution < 1.29 is 4.74 Å². The summed E-state index contributed by atoms with van der Waals surface area (Å²) < 4.78 is 5.63. The maximum atomic E-state index is 6.33. The molecular formula is C13H20ClN3O. The number of nitrogens with zero attached hydrogens (tertiary/aromatic N) is 2. The SMILES string of the molecule is CNCc1cnc(N2CCCOC(C)C2)c(Cl)c1. The molecule has 0 aliphatic carbocycles. The Hall–Kier alpha value is -0.840. The van der Waals surface area contributed by atoms with Crippen LogP contribution in [0, 0.1) is 0 Å². The van der Waals surface area contributed by atoms with E-state index in [1.807, 2.05) is 19.3 Å². The van der Waals surface area contributed by atoms with Crippen LogP contribution in [0.1, 0.15) is 18.9 Å². The van der Waals surface area contributed by atoms with Crippen molar-refractivity contribution in [3.63, 3.8) is 0 Å². The lowest BCUT2D eigenvalue weighted by molar-refractivity contribution is 0.0820. The average Bonchev–Trinajstić information content (AvgIpc) is 2.54. The average molecular weight is 270 g/mol. The van der Waals surface area contributed by atoms with Crippen LogP contribution in [0.3, 0.4) is 0 Å². The summed E-state index contributed by atoms with van der Waals surface area (Å²) in [6.45, 7) is 5.47. The molecule has 0 radical (unpaired) electrons. The van der Waals surface area contributed by atoms with E-state index >= 15 is 0 Å². The van der Waals surface area contributed by atoms with Crippen LogP contribution in [0.15, 0.2) is 12.3 Å². The lowest BCUT2D eigenvalue weighted by Crippen LogP contribution is -2.31. The summed E-state index contributed by atoms with van der Waals surface area (Å²) in [6.07, 6.45) is 3.12. The summed E-state index contributed by atoms with van der Waals surface area (Å²) in [7, 11) is 1.91. The highest BCUT2D eigenvalue weighted by atomic mass is 35.5. The van der Waals surface area contributed by atoms with Gasteiger partial charge in [-0.3, -0.25) is 0 Å². The van der Waals surface area contributed by atoms with Gasteiger partial charge in [0.25, 0.3) is 0 Å². The van der Waals surface area contributed by atoms with Crippen molar-refractivity contribution in [2.24, 2.45) is 0 Å². The summed E-state index contributed by atoms with van der Waals surface area (Å²) >= 11 is 6.33. The van der Waals surface area contributed by atoms with Gasteiger partial charge in [-0.2, -0.15) is 0 Å². The Bertz CT molecular complexity index is 400. The van der Waals surface area contributed by atoms with Gasteiger partial charge in [-0.05, 0) is 32.0 Å². The highest BCUT2D eigenvalue weighted by molar-refractivity contribution is 6.33. The molecule has 1 atom stereocenters. The number of halogens is 1. The Labute approximate surface area is 113 Å². The molecule has 0 bridgehead atoms. The zero-order valence-electron chi connectivity index (χ0n) is 10.9. The minimum atomic E-state index is 0.224. The van der Waals surface area contributed by atoms with Crippen molar-refractivity contribution in [3.8, 4) is 0 Å². The van der Waals surface area contributed by atoms with Crippen LogP contribution in [-0.2, 0) is 11.3 Å². The first kappa shape index (κ1) is 13.6. The number of ether oxygens (including phenoxy) is 1. The van der Waals surface area contributed by atoms with E-state index in [1.165, 1.54) is 0 Å². The summed E-state index contributed by atoms with van der Waals surface area (Å²) in [5.41, 5.74) is 1.10. The van der Waals surface area contributed by atoms with Crippen molar-refractivity contribution >= 4 is 17.4 Å². The molecule has 1 saturated heterocycles. The zero-order chi connectivity index (χ0) is 13.0. The maximum absolute atomic E-state index is 6.33. The van der Waals surface area contributed by atoms with Crippen LogP contribution >= 0.6 is 11.6 Å². The van der Waals surface area contributed by atoms with Gasteiger partial charge in [-0.15, -0.1) is 0 Å². The smallest absolute Gasteiger partial charge is 0.147 e. The fraction of sp³-hybridized carbons (Fsp3) is 0.615. The predicted molar refractivity (Wildman–Crippen MR) is 74.3 cm³/mol. The largest absolute Gasteiger partial charge is 0.377 e. The molecule has 1 unspecified atom stereocenters. The Morgan fingerprint density at radius 3 is 3.17 bits per heavy atom. The highest BCUT2D eigenvalue weighted by Crippen LogP contribution is 2.25. The van der Waals surface area contributed by atoms with Gasteiger partial charge in [-0.25, -0.2) is 4.98 Å². The van der Waals surface area contributed by atoms with E-state index in [2.05, 4.69) is 22.1 Å². The zero-order valence-corrected chi connectivity index (χ0v) is 11.7. The van der Waals surface area contributed by atoms with Gasteiger partial charge < -0.3 is 15.0 Å². The molecule has 0 spiro atoms. The van der Waals surface area contributed by atoms with E-state index in [9.17, 15) is 0 Å². The van der Waals surface area contributed by atoms with E-state index < -0.39 is 0 Å². The predicted octanol–water partition coefficient (Wildman–Crippen LogP) is 2.07. The number of anilines is 1. The minimum Gasteiger partial charge on any atom is -0.377 e. The second-order valence-electron chi connectivity index (χ2n) is 4.66. The molecular weight excluding hydrogens is 250 g/mol. The molecule has 0 amide bonds. The first-order chi connectivity index (χ1) is 8.70. The fourth-order valence-electron chi connectivity index (χ4n) is 2.19. The first-order valence-corrected chi connectivity index (χ1v) is 6.74. The van der Waals surface area contributed by atoms with Gasteiger partial charge in [0.2, 0.25) is 0 Å². The molecule has 1 aliphatic heterocycles. The molecule has 1 N–H and O–H groups in total. The van der Waals surface area contributed by atoms with Crippen LogP contribution in [0.5, 0.6) is 0 Å². The lowest BCUT2D eigenvalue weighted by Gasteiger charge is -2.24. The summed E-state index contributed by atoms with van der Waals surface area (Å²) in [6, 6.07) is 1.98. The van der Waals surface area contributed by atoms with E-state index in [-0.39, 0.29) is 6.10 Å². The normalized spacial score (nSPS) is 20.8. The van der Waals surface area contributed by atoms with Crippen molar-refractivity contribution in [3.05, 3.63) is 22.8 Å². The van der Waals surface area contributed by atoms with Gasteiger partial charge in [0.15, 0.2) is 0 Å².